The number of hydrogen-bond donors (Lipinski definition) is 5. The number of H-pyrrole nitrogens is 1. The van der Waals surface area contributed by atoms with E-state index in [0.29, 0.717) is 33.0 Å². The van der Waals surface area contributed by atoms with Gasteiger partial charge in [0.2, 0.25) is 0 Å². The molecule has 4 heterocycles. The fourth-order valence-electron chi connectivity index (χ4n) is 4.76. The lowest BCUT2D eigenvalue weighted by atomic mass is 10.1. The number of imidazole rings is 1. The first-order valence-corrected chi connectivity index (χ1v) is 13.6. The van der Waals surface area contributed by atoms with E-state index in [9.17, 15) is 0 Å². The summed E-state index contributed by atoms with van der Waals surface area (Å²) >= 11 is 0. The lowest BCUT2D eigenvalue weighted by Crippen LogP contribution is -2.44. The molecule has 0 radical (unpaired) electrons. The quantitative estimate of drug-likeness (QED) is 0.210. The number of benzene rings is 2. The monoisotopic (exact) mass is 558 g/mol. The molecule has 0 fully saturated rings. The van der Waals surface area contributed by atoms with Crippen LogP contribution in [-0.2, 0) is 14.2 Å². The number of rotatable bonds is 12. The van der Waals surface area contributed by atoms with Gasteiger partial charge in [0, 0.05) is 18.3 Å². The summed E-state index contributed by atoms with van der Waals surface area (Å²) in [6.07, 6.45) is 9.88. The molecule has 6 rings (SSSR count). The number of aromatic nitrogens is 2. The van der Waals surface area contributed by atoms with Gasteiger partial charge in [-0.3, -0.25) is 0 Å². The van der Waals surface area contributed by atoms with Crippen molar-refractivity contribution in [2.75, 3.05) is 57.8 Å². The molecule has 0 saturated heterocycles. The number of methoxy groups -OCH3 is 2. The van der Waals surface area contributed by atoms with Crippen molar-refractivity contribution in [2.45, 2.75) is 12.2 Å². The molecule has 3 aliphatic heterocycles. The van der Waals surface area contributed by atoms with Crippen LogP contribution >= 0.6 is 0 Å². The summed E-state index contributed by atoms with van der Waals surface area (Å²) < 4.78 is 27.9. The van der Waals surface area contributed by atoms with Gasteiger partial charge in [-0.15, -0.1) is 0 Å². The van der Waals surface area contributed by atoms with Crippen molar-refractivity contribution >= 4 is 28.1 Å². The minimum atomic E-state index is 0.0286. The van der Waals surface area contributed by atoms with Crippen molar-refractivity contribution in [1.29, 1.82) is 0 Å². The Hall–Kier alpha value is -4.77. The number of ether oxygens (including phenoxy) is 5. The van der Waals surface area contributed by atoms with E-state index in [4.69, 9.17) is 23.7 Å². The maximum Gasteiger partial charge on any atom is 0.154 e. The Balaban J connectivity index is 0.863. The molecule has 2 unspecified atom stereocenters. The summed E-state index contributed by atoms with van der Waals surface area (Å²) in [6, 6.07) is 11.8. The standard InChI is InChI=1S/C30H34N6O5/c1-37-19-3-7-23-27(15-19)35-29(33-23)25-9-5-21(17-31-25)40-13-11-39-12-14-41-22-6-10-26(32-18-22)30-34-24-8-4-20(38-2)16-28(24)36-30/h3-10,15-17,25,29,31-33,35H,11-14,18H2,1-2H3,(H,34,36). The van der Waals surface area contributed by atoms with Crippen molar-refractivity contribution in [2.24, 2.45) is 0 Å². The predicted molar refractivity (Wildman–Crippen MR) is 158 cm³/mol. The fraction of sp³-hybridized carbons (Fsp3) is 0.300. The maximum atomic E-state index is 5.84. The molecule has 41 heavy (non-hydrogen) atoms. The Labute approximate surface area is 238 Å². The Kier molecular flexibility index (Phi) is 7.85. The molecule has 0 amide bonds. The number of hydrogen-bond acceptors (Lipinski definition) is 10. The van der Waals surface area contributed by atoms with Crippen molar-refractivity contribution in [3.8, 4) is 11.5 Å². The molecule has 11 nitrogen and oxygen atoms in total. The number of allylic oxidation sites excluding steroid dienone is 3. The lowest BCUT2D eigenvalue weighted by molar-refractivity contribution is 0.0453. The van der Waals surface area contributed by atoms with Gasteiger partial charge in [-0.05, 0) is 42.5 Å². The van der Waals surface area contributed by atoms with Gasteiger partial charge < -0.3 is 49.9 Å². The third-order valence-corrected chi connectivity index (χ3v) is 6.94. The highest BCUT2D eigenvalue weighted by molar-refractivity contribution is 5.80. The smallest absolute Gasteiger partial charge is 0.154 e. The zero-order chi connectivity index (χ0) is 28.0. The van der Waals surface area contributed by atoms with Crippen LogP contribution in [0.15, 0.2) is 78.4 Å². The van der Waals surface area contributed by atoms with Gasteiger partial charge in [-0.1, -0.05) is 6.08 Å². The van der Waals surface area contributed by atoms with Gasteiger partial charge in [0.05, 0.1) is 68.1 Å². The minimum absolute atomic E-state index is 0.0286. The number of fused-ring (bicyclic) bond motifs is 2. The number of nitrogens with one attached hydrogen (secondary N) is 5. The van der Waals surface area contributed by atoms with E-state index < -0.39 is 0 Å². The third-order valence-electron chi connectivity index (χ3n) is 6.94. The van der Waals surface area contributed by atoms with E-state index in [1.807, 2.05) is 60.8 Å². The van der Waals surface area contributed by atoms with Gasteiger partial charge in [0.1, 0.15) is 42.4 Å². The zero-order valence-electron chi connectivity index (χ0n) is 23.0. The van der Waals surface area contributed by atoms with Crippen molar-refractivity contribution in [1.82, 2.24) is 20.6 Å². The van der Waals surface area contributed by atoms with Crippen LogP contribution < -0.4 is 30.7 Å². The van der Waals surface area contributed by atoms with Crippen LogP contribution in [-0.4, -0.2) is 69.4 Å². The van der Waals surface area contributed by atoms with E-state index >= 15 is 0 Å². The zero-order valence-corrected chi connectivity index (χ0v) is 23.0. The average Bonchev–Trinajstić information content (AvgIpc) is 3.65. The Morgan fingerprint density at radius 1 is 0.878 bits per heavy atom. The Morgan fingerprint density at radius 2 is 1.68 bits per heavy atom. The van der Waals surface area contributed by atoms with Crippen LogP contribution in [0.2, 0.25) is 0 Å². The van der Waals surface area contributed by atoms with E-state index in [1.165, 1.54) is 0 Å². The Morgan fingerprint density at radius 3 is 2.46 bits per heavy atom. The molecule has 0 spiro atoms. The number of dihydropyridines is 2. The largest absolute Gasteiger partial charge is 0.497 e. The van der Waals surface area contributed by atoms with Gasteiger partial charge >= 0.3 is 0 Å². The molecule has 11 heteroatoms. The molecule has 2 aromatic carbocycles. The maximum absolute atomic E-state index is 5.84. The van der Waals surface area contributed by atoms with Crippen molar-refractivity contribution in [3.05, 3.63) is 84.2 Å². The van der Waals surface area contributed by atoms with Crippen molar-refractivity contribution < 1.29 is 23.7 Å². The van der Waals surface area contributed by atoms with E-state index in [2.05, 4.69) is 37.3 Å². The number of aromatic amines is 1. The summed E-state index contributed by atoms with van der Waals surface area (Å²) in [4.78, 5) is 7.97. The van der Waals surface area contributed by atoms with Crippen LogP contribution in [0.3, 0.4) is 0 Å². The highest BCUT2D eigenvalue weighted by Crippen LogP contribution is 2.33. The van der Waals surface area contributed by atoms with Crippen LogP contribution in [0.25, 0.3) is 16.7 Å². The molecule has 3 aromatic rings. The minimum Gasteiger partial charge on any atom is -0.497 e. The van der Waals surface area contributed by atoms with E-state index in [0.717, 1.165) is 56.9 Å². The summed E-state index contributed by atoms with van der Waals surface area (Å²) in [5.41, 5.74) is 4.81. The van der Waals surface area contributed by atoms with Gasteiger partial charge in [0.15, 0.2) is 5.82 Å². The summed E-state index contributed by atoms with van der Waals surface area (Å²) in [6.45, 7) is 2.44. The summed E-state index contributed by atoms with van der Waals surface area (Å²) in [7, 11) is 3.32. The highest BCUT2D eigenvalue weighted by atomic mass is 16.5. The SMILES string of the molecule is COc1ccc2c(c1)NC(C1C=CC(OCCOCCOC3=CC=C(c4nc5ccc(OC)cc5[nH]4)NC3)=CN1)N2. The molecule has 214 valence electrons. The molecule has 3 aliphatic rings. The topological polar surface area (TPSA) is 123 Å². The average molecular weight is 559 g/mol. The van der Waals surface area contributed by atoms with Crippen LogP contribution in [0.4, 0.5) is 11.4 Å². The van der Waals surface area contributed by atoms with Gasteiger partial charge in [-0.2, -0.15) is 0 Å². The van der Waals surface area contributed by atoms with E-state index in [1.54, 1.807) is 14.2 Å². The van der Waals surface area contributed by atoms with Crippen LogP contribution in [0, 0.1) is 0 Å². The normalized spacial score (nSPS) is 19.0. The molecule has 2 atom stereocenters. The van der Waals surface area contributed by atoms with Crippen LogP contribution in [0.1, 0.15) is 5.82 Å². The highest BCUT2D eigenvalue weighted by Gasteiger charge is 2.27. The molecular formula is C30H34N6O5. The van der Waals surface area contributed by atoms with Gasteiger partial charge in [0.25, 0.3) is 0 Å². The second-order valence-corrected chi connectivity index (χ2v) is 9.62. The second kappa shape index (κ2) is 12.2. The van der Waals surface area contributed by atoms with E-state index in [-0.39, 0.29) is 12.2 Å². The molecule has 0 bridgehead atoms. The third kappa shape index (κ3) is 6.20. The predicted octanol–water partition coefficient (Wildman–Crippen LogP) is 3.69. The first-order chi connectivity index (χ1) is 20.2. The molecule has 0 saturated carbocycles. The molecule has 1 aromatic heterocycles. The van der Waals surface area contributed by atoms with Crippen LogP contribution in [0.5, 0.6) is 11.5 Å². The number of nitrogens with zero attached hydrogens (tertiary/aromatic N) is 1. The molecule has 5 N–H and O–H groups in total. The van der Waals surface area contributed by atoms with Gasteiger partial charge in [-0.25, -0.2) is 4.98 Å². The van der Waals surface area contributed by atoms with Crippen molar-refractivity contribution in [3.63, 3.8) is 0 Å². The first-order valence-electron chi connectivity index (χ1n) is 13.6. The lowest BCUT2D eigenvalue weighted by Gasteiger charge is -2.25. The summed E-state index contributed by atoms with van der Waals surface area (Å²) in [5, 5.41) is 13.7. The second-order valence-electron chi connectivity index (χ2n) is 9.62. The Bertz CT molecular complexity index is 1510. The first kappa shape index (κ1) is 26.5. The number of anilines is 2. The fourth-order valence-corrected chi connectivity index (χ4v) is 4.76. The molecular weight excluding hydrogens is 524 g/mol. The molecule has 0 aliphatic carbocycles. The summed E-state index contributed by atoms with van der Waals surface area (Å²) in [5.74, 6) is 4.01.